The van der Waals surface area contributed by atoms with Crippen LogP contribution in [0.4, 0.5) is 5.13 Å². The molecule has 1 aromatic heterocycles. The Morgan fingerprint density at radius 2 is 2.39 bits per heavy atom. The molecule has 2 rings (SSSR count). The number of esters is 1. The molecule has 1 aliphatic rings. The maximum Gasteiger partial charge on any atom is 0.357 e. The van der Waals surface area contributed by atoms with E-state index < -0.39 is 0 Å². The van der Waals surface area contributed by atoms with E-state index in [0.29, 0.717) is 18.3 Å². The van der Waals surface area contributed by atoms with Gasteiger partial charge in [0.1, 0.15) is 0 Å². The molecule has 18 heavy (non-hydrogen) atoms. The van der Waals surface area contributed by atoms with Gasteiger partial charge in [0.25, 0.3) is 0 Å². The minimum absolute atomic E-state index is 0.361. The lowest BCUT2D eigenvalue weighted by molar-refractivity contribution is 0.0595. The Bertz CT molecular complexity index is 406. The zero-order valence-corrected chi connectivity index (χ0v) is 11.5. The molecule has 1 aliphatic heterocycles. The van der Waals surface area contributed by atoms with Crippen molar-refractivity contribution < 1.29 is 14.3 Å². The molecule has 0 spiro atoms. The van der Waals surface area contributed by atoms with E-state index in [1.807, 2.05) is 0 Å². The number of piperidine rings is 1. The zero-order valence-electron chi connectivity index (χ0n) is 10.7. The number of ether oxygens (including phenoxy) is 2. The first-order valence-electron chi connectivity index (χ1n) is 6.05. The van der Waals surface area contributed by atoms with Crippen LogP contribution >= 0.6 is 11.3 Å². The van der Waals surface area contributed by atoms with Crippen molar-refractivity contribution in [3.63, 3.8) is 0 Å². The van der Waals surface area contributed by atoms with E-state index in [1.54, 1.807) is 12.5 Å². The molecule has 1 atom stereocenters. The molecular formula is C12H18N2O3S. The molecular weight excluding hydrogens is 252 g/mol. The molecule has 0 radical (unpaired) electrons. The number of carbonyl (C=O) groups excluding carboxylic acids is 1. The smallest absolute Gasteiger partial charge is 0.357 e. The standard InChI is InChI=1S/C12H18N2O3S/c1-16-7-9-5-3-4-6-14(9)12-13-10(8-18-12)11(15)17-2/h8-9H,3-7H2,1-2H3. The third kappa shape index (κ3) is 2.81. The number of carbonyl (C=O) groups is 1. The minimum atomic E-state index is -0.377. The second-order valence-corrected chi connectivity index (χ2v) is 5.14. The summed E-state index contributed by atoms with van der Waals surface area (Å²) in [6.07, 6.45) is 3.49. The highest BCUT2D eigenvalue weighted by molar-refractivity contribution is 7.13. The molecule has 1 fully saturated rings. The van der Waals surface area contributed by atoms with Crippen LogP contribution in [0.5, 0.6) is 0 Å². The number of hydrogen-bond donors (Lipinski definition) is 0. The lowest BCUT2D eigenvalue weighted by Gasteiger charge is -2.35. The van der Waals surface area contributed by atoms with Gasteiger partial charge in [0.05, 0.1) is 19.8 Å². The minimum Gasteiger partial charge on any atom is -0.464 e. The highest BCUT2D eigenvalue weighted by atomic mass is 32.1. The summed E-state index contributed by atoms with van der Waals surface area (Å²) in [7, 11) is 3.09. The maximum absolute atomic E-state index is 11.4. The summed E-state index contributed by atoms with van der Waals surface area (Å²) in [6, 6.07) is 0.361. The molecule has 0 amide bonds. The number of methoxy groups -OCH3 is 2. The molecule has 0 aliphatic carbocycles. The van der Waals surface area contributed by atoms with Crippen LogP contribution in [0.2, 0.25) is 0 Å². The van der Waals surface area contributed by atoms with E-state index in [1.165, 1.54) is 24.9 Å². The Morgan fingerprint density at radius 1 is 1.56 bits per heavy atom. The molecule has 6 heteroatoms. The van der Waals surface area contributed by atoms with Crippen LogP contribution in [-0.4, -0.2) is 44.4 Å². The fourth-order valence-electron chi connectivity index (χ4n) is 2.21. The maximum atomic E-state index is 11.4. The van der Waals surface area contributed by atoms with Crippen LogP contribution in [0, 0.1) is 0 Å². The Balaban J connectivity index is 2.12. The number of nitrogens with zero attached hydrogens (tertiary/aromatic N) is 2. The number of anilines is 1. The van der Waals surface area contributed by atoms with Gasteiger partial charge in [-0.1, -0.05) is 0 Å². The van der Waals surface area contributed by atoms with Gasteiger partial charge in [0.2, 0.25) is 0 Å². The molecule has 0 bridgehead atoms. The Labute approximate surface area is 111 Å². The van der Waals surface area contributed by atoms with Gasteiger partial charge in [0, 0.05) is 19.0 Å². The fraction of sp³-hybridized carbons (Fsp3) is 0.667. The average Bonchev–Trinajstić information content (AvgIpc) is 2.88. The second-order valence-electron chi connectivity index (χ2n) is 4.31. The van der Waals surface area contributed by atoms with Crippen molar-refractivity contribution in [2.75, 3.05) is 32.3 Å². The van der Waals surface area contributed by atoms with Gasteiger partial charge in [-0.2, -0.15) is 0 Å². The highest BCUT2D eigenvalue weighted by Crippen LogP contribution is 2.28. The van der Waals surface area contributed by atoms with Crippen molar-refractivity contribution in [1.29, 1.82) is 0 Å². The van der Waals surface area contributed by atoms with Crippen LogP contribution in [0.15, 0.2) is 5.38 Å². The molecule has 100 valence electrons. The zero-order chi connectivity index (χ0) is 13.0. The van der Waals surface area contributed by atoms with Crippen LogP contribution in [0.3, 0.4) is 0 Å². The lowest BCUT2D eigenvalue weighted by Crippen LogP contribution is -2.42. The Morgan fingerprint density at radius 3 is 3.11 bits per heavy atom. The van der Waals surface area contributed by atoms with Crippen molar-refractivity contribution in [2.24, 2.45) is 0 Å². The molecule has 0 aromatic carbocycles. The summed E-state index contributed by atoms with van der Waals surface area (Å²) >= 11 is 1.49. The lowest BCUT2D eigenvalue weighted by atomic mass is 10.0. The molecule has 0 saturated carbocycles. The second kappa shape index (κ2) is 6.15. The summed E-state index contributed by atoms with van der Waals surface area (Å²) < 4.78 is 9.93. The predicted octanol–water partition coefficient (Wildman–Crippen LogP) is 1.94. The summed E-state index contributed by atoms with van der Waals surface area (Å²) in [6.45, 7) is 1.68. The van der Waals surface area contributed by atoms with Gasteiger partial charge >= 0.3 is 5.97 Å². The average molecular weight is 270 g/mol. The molecule has 1 unspecified atom stereocenters. The Hall–Kier alpha value is -1.14. The van der Waals surface area contributed by atoms with Crippen molar-refractivity contribution in [3.05, 3.63) is 11.1 Å². The van der Waals surface area contributed by atoms with E-state index in [0.717, 1.165) is 24.5 Å². The van der Waals surface area contributed by atoms with Crippen LogP contribution in [-0.2, 0) is 9.47 Å². The van der Waals surface area contributed by atoms with E-state index in [4.69, 9.17) is 4.74 Å². The highest BCUT2D eigenvalue weighted by Gasteiger charge is 2.25. The summed E-state index contributed by atoms with van der Waals surface area (Å²) in [5.74, 6) is -0.377. The number of hydrogen-bond acceptors (Lipinski definition) is 6. The molecule has 1 saturated heterocycles. The SMILES string of the molecule is COCC1CCCCN1c1nc(C(=O)OC)cs1. The summed E-state index contributed by atoms with van der Waals surface area (Å²) in [4.78, 5) is 18.0. The number of thiazole rings is 1. The van der Waals surface area contributed by atoms with Crippen molar-refractivity contribution in [2.45, 2.75) is 25.3 Å². The van der Waals surface area contributed by atoms with E-state index in [2.05, 4.69) is 14.6 Å². The topological polar surface area (TPSA) is 51.7 Å². The summed E-state index contributed by atoms with van der Waals surface area (Å²) in [5.41, 5.74) is 0.388. The third-order valence-electron chi connectivity index (χ3n) is 3.12. The molecule has 0 N–H and O–H groups in total. The first kappa shape index (κ1) is 13.3. The van der Waals surface area contributed by atoms with Gasteiger partial charge in [0.15, 0.2) is 10.8 Å². The normalized spacial score (nSPS) is 19.9. The quantitative estimate of drug-likeness (QED) is 0.783. The van der Waals surface area contributed by atoms with Crippen molar-refractivity contribution in [1.82, 2.24) is 4.98 Å². The van der Waals surface area contributed by atoms with Crippen molar-refractivity contribution >= 4 is 22.4 Å². The fourth-order valence-corrected chi connectivity index (χ4v) is 3.11. The first-order chi connectivity index (χ1) is 8.76. The largest absolute Gasteiger partial charge is 0.464 e. The Kier molecular flexibility index (Phi) is 4.54. The van der Waals surface area contributed by atoms with E-state index in [9.17, 15) is 4.79 Å². The van der Waals surface area contributed by atoms with Gasteiger partial charge < -0.3 is 14.4 Å². The van der Waals surface area contributed by atoms with Crippen LogP contribution < -0.4 is 4.90 Å². The van der Waals surface area contributed by atoms with E-state index in [-0.39, 0.29) is 5.97 Å². The molecule has 1 aromatic rings. The van der Waals surface area contributed by atoms with Gasteiger partial charge in [-0.15, -0.1) is 11.3 Å². The van der Waals surface area contributed by atoms with Crippen LogP contribution in [0.1, 0.15) is 29.8 Å². The number of rotatable bonds is 4. The van der Waals surface area contributed by atoms with Gasteiger partial charge in [-0.25, -0.2) is 9.78 Å². The first-order valence-corrected chi connectivity index (χ1v) is 6.93. The number of aromatic nitrogens is 1. The third-order valence-corrected chi connectivity index (χ3v) is 4.00. The van der Waals surface area contributed by atoms with Crippen LogP contribution in [0.25, 0.3) is 0 Å². The molecule has 5 nitrogen and oxygen atoms in total. The molecule has 2 heterocycles. The van der Waals surface area contributed by atoms with Gasteiger partial charge in [-0.3, -0.25) is 0 Å². The summed E-state index contributed by atoms with van der Waals surface area (Å²) in [5, 5.41) is 2.64. The van der Waals surface area contributed by atoms with Crippen molar-refractivity contribution in [3.8, 4) is 0 Å². The van der Waals surface area contributed by atoms with E-state index >= 15 is 0 Å². The van der Waals surface area contributed by atoms with Gasteiger partial charge in [-0.05, 0) is 19.3 Å². The predicted molar refractivity (Wildman–Crippen MR) is 70.3 cm³/mol. The monoisotopic (exact) mass is 270 g/mol.